The molecule has 1 aromatic carbocycles. The summed E-state index contributed by atoms with van der Waals surface area (Å²) in [4.78, 5) is 16.0. The van der Waals surface area contributed by atoms with Gasteiger partial charge < -0.3 is 20.1 Å². The molecule has 0 aromatic heterocycles. The highest BCUT2D eigenvalue weighted by Crippen LogP contribution is 2.26. The number of likely N-dealkylation sites (N-methyl/N-ethyl adjacent to an activating group) is 1. The lowest BCUT2D eigenvalue weighted by molar-refractivity contribution is -0.274. The standard InChI is InChI=1S/C16H22F3N3O3/c1-21-7-8-22(11-13(21)6-9-23)15(24)20-10-12-4-2-3-5-14(12)25-16(17,18)19/h2-5,13,23H,6-11H2,1H3,(H,20,24)/t13-/m0/s1. The molecular formula is C16H22F3N3O3. The Kier molecular flexibility index (Phi) is 6.49. The minimum atomic E-state index is -4.78. The smallest absolute Gasteiger partial charge is 0.405 e. The van der Waals surface area contributed by atoms with Crippen LogP contribution in [-0.4, -0.2) is 66.6 Å². The zero-order valence-corrected chi connectivity index (χ0v) is 13.9. The normalized spacial score (nSPS) is 18.9. The molecule has 2 N–H and O–H groups in total. The number of nitrogens with zero attached hydrogens (tertiary/aromatic N) is 2. The maximum atomic E-state index is 12.4. The molecule has 0 aliphatic carbocycles. The van der Waals surface area contributed by atoms with Gasteiger partial charge in [0.2, 0.25) is 0 Å². The van der Waals surface area contributed by atoms with Crippen molar-refractivity contribution < 1.29 is 27.8 Å². The summed E-state index contributed by atoms with van der Waals surface area (Å²) in [6.45, 7) is 1.62. The molecule has 1 saturated heterocycles. The second-order valence-electron chi connectivity index (χ2n) is 5.91. The number of hydrogen-bond acceptors (Lipinski definition) is 4. The molecule has 1 aliphatic heterocycles. The van der Waals surface area contributed by atoms with Gasteiger partial charge in [-0.25, -0.2) is 4.79 Å². The van der Waals surface area contributed by atoms with Gasteiger partial charge in [-0.1, -0.05) is 18.2 Å². The maximum Gasteiger partial charge on any atom is 0.573 e. The lowest BCUT2D eigenvalue weighted by atomic mass is 10.1. The van der Waals surface area contributed by atoms with Gasteiger partial charge in [0.25, 0.3) is 0 Å². The topological polar surface area (TPSA) is 65.0 Å². The first-order valence-electron chi connectivity index (χ1n) is 7.97. The van der Waals surface area contributed by atoms with Crippen LogP contribution >= 0.6 is 0 Å². The Morgan fingerprint density at radius 1 is 1.36 bits per heavy atom. The number of amides is 2. The van der Waals surface area contributed by atoms with Crippen molar-refractivity contribution in [3.05, 3.63) is 29.8 Å². The summed E-state index contributed by atoms with van der Waals surface area (Å²) in [6.07, 6.45) is -4.22. The first kappa shape index (κ1) is 19.3. The van der Waals surface area contributed by atoms with Crippen molar-refractivity contribution in [3.63, 3.8) is 0 Å². The number of alkyl halides is 3. The fourth-order valence-electron chi connectivity index (χ4n) is 2.75. The fraction of sp³-hybridized carbons (Fsp3) is 0.562. The number of halogens is 3. The first-order valence-corrected chi connectivity index (χ1v) is 7.97. The number of carbonyl (C=O) groups is 1. The number of carbonyl (C=O) groups excluding carboxylic acids is 1. The van der Waals surface area contributed by atoms with E-state index in [1.807, 2.05) is 7.05 Å². The van der Waals surface area contributed by atoms with E-state index in [0.29, 0.717) is 26.1 Å². The molecule has 0 unspecified atom stereocenters. The molecule has 0 spiro atoms. The molecule has 2 amide bonds. The van der Waals surface area contributed by atoms with Gasteiger partial charge in [-0.2, -0.15) is 0 Å². The maximum absolute atomic E-state index is 12.4. The molecule has 1 atom stereocenters. The number of rotatable bonds is 5. The SMILES string of the molecule is CN1CCN(C(=O)NCc2ccccc2OC(F)(F)F)C[C@@H]1CCO. The molecule has 1 heterocycles. The molecule has 2 rings (SSSR count). The summed E-state index contributed by atoms with van der Waals surface area (Å²) in [5.41, 5.74) is 0.245. The van der Waals surface area contributed by atoms with E-state index in [4.69, 9.17) is 5.11 Å². The van der Waals surface area contributed by atoms with Gasteiger partial charge in [0.15, 0.2) is 0 Å². The Labute approximate surface area is 144 Å². The Balaban J connectivity index is 1.94. The fourth-order valence-corrected chi connectivity index (χ4v) is 2.75. The quantitative estimate of drug-likeness (QED) is 0.839. The number of urea groups is 1. The second-order valence-corrected chi connectivity index (χ2v) is 5.91. The first-order chi connectivity index (χ1) is 11.8. The van der Waals surface area contributed by atoms with E-state index in [1.165, 1.54) is 18.2 Å². The summed E-state index contributed by atoms with van der Waals surface area (Å²) in [6, 6.07) is 5.41. The number of hydrogen-bond donors (Lipinski definition) is 2. The van der Waals surface area contributed by atoms with Crippen LogP contribution in [-0.2, 0) is 6.54 Å². The average molecular weight is 361 g/mol. The van der Waals surface area contributed by atoms with Crippen LogP contribution < -0.4 is 10.1 Å². The summed E-state index contributed by atoms with van der Waals surface area (Å²) in [5.74, 6) is -0.327. The van der Waals surface area contributed by atoms with E-state index >= 15 is 0 Å². The Morgan fingerprint density at radius 3 is 2.76 bits per heavy atom. The highest BCUT2D eigenvalue weighted by atomic mass is 19.4. The van der Waals surface area contributed by atoms with E-state index in [-0.39, 0.29) is 36.5 Å². The van der Waals surface area contributed by atoms with E-state index in [1.54, 1.807) is 11.0 Å². The highest BCUT2D eigenvalue weighted by Gasteiger charge is 2.32. The van der Waals surface area contributed by atoms with Gasteiger partial charge in [0.1, 0.15) is 5.75 Å². The summed E-state index contributed by atoms with van der Waals surface area (Å²) >= 11 is 0. The Hall–Kier alpha value is -2.00. The molecule has 0 bridgehead atoms. The van der Waals surface area contributed by atoms with Crippen LogP contribution in [0.15, 0.2) is 24.3 Å². The van der Waals surface area contributed by atoms with Crippen molar-refractivity contribution in [1.82, 2.24) is 15.1 Å². The molecule has 0 radical (unpaired) electrons. The third kappa shape index (κ3) is 5.79. The number of piperazine rings is 1. The molecule has 25 heavy (non-hydrogen) atoms. The van der Waals surface area contributed by atoms with Crippen molar-refractivity contribution in [3.8, 4) is 5.75 Å². The highest BCUT2D eigenvalue weighted by molar-refractivity contribution is 5.74. The van der Waals surface area contributed by atoms with Crippen LogP contribution in [0.25, 0.3) is 0 Å². The molecule has 1 aliphatic rings. The lowest BCUT2D eigenvalue weighted by Crippen LogP contribution is -2.55. The predicted octanol–water partition coefficient (Wildman–Crippen LogP) is 1.79. The zero-order chi connectivity index (χ0) is 18.4. The minimum Gasteiger partial charge on any atom is -0.405 e. The van der Waals surface area contributed by atoms with Crippen molar-refractivity contribution in [2.45, 2.75) is 25.4 Å². The summed E-state index contributed by atoms with van der Waals surface area (Å²) in [5, 5.41) is 11.7. The number of para-hydroxylation sites is 1. The third-order valence-electron chi connectivity index (χ3n) is 4.16. The predicted molar refractivity (Wildman–Crippen MR) is 85.1 cm³/mol. The van der Waals surface area contributed by atoms with Crippen molar-refractivity contribution >= 4 is 6.03 Å². The monoisotopic (exact) mass is 361 g/mol. The van der Waals surface area contributed by atoms with E-state index in [9.17, 15) is 18.0 Å². The van der Waals surface area contributed by atoms with E-state index in [0.717, 1.165) is 0 Å². The molecule has 1 aromatic rings. The minimum absolute atomic E-state index is 0.0343. The number of aliphatic hydroxyl groups excluding tert-OH is 1. The van der Waals surface area contributed by atoms with E-state index < -0.39 is 6.36 Å². The van der Waals surface area contributed by atoms with E-state index in [2.05, 4.69) is 15.0 Å². The number of ether oxygens (including phenoxy) is 1. The molecule has 0 saturated carbocycles. The van der Waals surface area contributed by atoms with Gasteiger partial charge in [0, 0.05) is 44.4 Å². The number of benzene rings is 1. The molecular weight excluding hydrogens is 339 g/mol. The molecule has 140 valence electrons. The molecule has 6 nitrogen and oxygen atoms in total. The molecule has 1 fully saturated rings. The number of nitrogens with one attached hydrogen (secondary N) is 1. The average Bonchev–Trinajstić information content (AvgIpc) is 2.54. The van der Waals surface area contributed by atoms with Gasteiger partial charge in [-0.05, 0) is 19.5 Å². The lowest BCUT2D eigenvalue weighted by Gasteiger charge is -2.39. The zero-order valence-electron chi connectivity index (χ0n) is 13.9. The van der Waals surface area contributed by atoms with Crippen molar-refractivity contribution in [2.75, 3.05) is 33.3 Å². The summed E-state index contributed by atoms with van der Waals surface area (Å²) in [7, 11) is 1.93. The van der Waals surface area contributed by atoms with Crippen LogP contribution in [0.1, 0.15) is 12.0 Å². The Bertz CT molecular complexity index is 583. The van der Waals surface area contributed by atoms with Gasteiger partial charge in [0.05, 0.1) is 0 Å². The van der Waals surface area contributed by atoms with Crippen molar-refractivity contribution in [1.29, 1.82) is 0 Å². The van der Waals surface area contributed by atoms with Crippen LogP contribution in [0.5, 0.6) is 5.75 Å². The third-order valence-corrected chi connectivity index (χ3v) is 4.16. The largest absolute Gasteiger partial charge is 0.573 e. The summed E-state index contributed by atoms with van der Waals surface area (Å²) < 4.78 is 41.2. The molecule has 9 heteroatoms. The van der Waals surface area contributed by atoms with Crippen LogP contribution in [0.3, 0.4) is 0 Å². The van der Waals surface area contributed by atoms with Crippen LogP contribution in [0.2, 0.25) is 0 Å². The van der Waals surface area contributed by atoms with Crippen molar-refractivity contribution in [2.24, 2.45) is 0 Å². The van der Waals surface area contributed by atoms with Crippen LogP contribution in [0.4, 0.5) is 18.0 Å². The van der Waals surface area contributed by atoms with Crippen LogP contribution in [0, 0.1) is 0 Å². The Morgan fingerprint density at radius 2 is 2.08 bits per heavy atom. The van der Waals surface area contributed by atoms with Gasteiger partial charge >= 0.3 is 12.4 Å². The number of aliphatic hydroxyl groups is 1. The van der Waals surface area contributed by atoms with Gasteiger partial charge in [-0.15, -0.1) is 13.2 Å². The van der Waals surface area contributed by atoms with Gasteiger partial charge in [-0.3, -0.25) is 4.90 Å². The second kappa shape index (κ2) is 8.39.